The summed E-state index contributed by atoms with van der Waals surface area (Å²) in [5, 5.41) is 3.08. The molecule has 0 amide bonds. The Bertz CT molecular complexity index is 1600. The summed E-state index contributed by atoms with van der Waals surface area (Å²) < 4.78 is 12.3. The third-order valence-corrected chi connectivity index (χ3v) is 6.05. The fraction of sp³-hybridized carbons (Fsp3) is 0.143. The van der Waals surface area contributed by atoms with Crippen LogP contribution in [0, 0.1) is 6.92 Å². The lowest BCUT2D eigenvalue weighted by Crippen LogP contribution is -1.85. The van der Waals surface area contributed by atoms with Crippen molar-refractivity contribution in [2.45, 2.75) is 26.7 Å². The quantitative estimate of drug-likeness (QED) is 0.293. The van der Waals surface area contributed by atoms with Crippen LogP contribution in [-0.2, 0) is 0 Å². The van der Waals surface area contributed by atoms with Crippen LogP contribution < -0.4 is 0 Å². The molecule has 4 nitrogen and oxygen atoms in total. The Morgan fingerprint density at radius 1 is 0.844 bits per heavy atom. The van der Waals surface area contributed by atoms with Crippen LogP contribution >= 0.6 is 0 Å². The Morgan fingerprint density at radius 2 is 1.69 bits per heavy atom. The van der Waals surface area contributed by atoms with E-state index in [4.69, 9.17) is 8.83 Å². The van der Waals surface area contributed by atoms with E-state index in [0.29, 0.717) is 11.6 Å². The largest absolute Gasteiger partial charge is 0.454 e. The first-order valence-corrected chi connectivity index (χ1v) is 10.9. The molecule has 0 spiro atoms. The number of furan rings is 2. The molecule has 6 rings (SSSR count). The summed E-state index contributed by atoms with van der Waals surface area (Å²) in [4.78, 5) is 9.23. The van der Waals surface area contributed by atoms with E-state index in [0.717, 1.165) is 55.6 Å². The molecular weight excluding hydrogens is 396 g/mol. The summed E-state index contributed by atoms with van der Waals surface area (Å²) in [5.41, 5.74) is 7.34. The minimum atomic E-state index is 0.506. The fourth-order valence-corrected chi connectivity index (χ4v) is 4.24. The van der Waals surface area contributed by atoms with Crippen molar-refractivity contribution in [3.05, 3.63) is 84.2 Å². The summed E-state index contributed by atoms with van der Waals surface area (Å²) in [6.07, 6.45) is 1.79. The molecule has 0 radical (unpaired) electrons. The Hall–Kier alpha value is -3.92. The van der Waals surface area contributed by atoms with Crippen molar-refractivity contribution in [2.75, 3.05) is 0 Å². The highest BCUT2D eigenvalue weighted by atomic mass is 16.3. The van der Waals surface area contributed by atoms with Gasteiger partial charge in [0.15, 0.2) is 5.58 Å². The Labute approximate surface area is 185 Å². The molecule has 2 aromatic carbocycles. The number of fused-ring (bicyclic) bond motifs is 4. The summed E-state index contributed by atoms with van der Waals surface area (Å²) in [6.45, 7) is 6.36. The maximum absolute atomic E-state index is 6.16. The third-order valence-electron chi connectivity index (χ3n) is 6.05. The van der Waals surface area contributed by atoms with Crippen molar-refractivity contribution in [2.24, 2.45) is 0 Å². The van der Waals surface area contributed by atoms with Crippen molar-refractivity contribution in [3.8, 4) is 22.6 Å². The van der Waals surface area contributed by atoms with Crippen molar-refractivity contribution < 1.29 is 8.83 Å². The minimum absolute atomic E-state index is 0.506. The van der Waals surface area contributed by atoms with Gasteiger partial charge in [-0.1, -0.05) is 50.2 Å². The first-order chi connectivity index (χ1) is 15.6. The van der Waals surface area contributed by atoms with Crippen LogP contribution in [0.2, 0.25) is 0 Å². The molecule has 0 aliphatic rings. The Kier molecular flexibility index (Phi) is 4.15. The lowest BCUT2D eigenvalue weighted by atomic mass is 10.0. The van der Waals surface area contributed by atoms with Gasteiger partial charge in [0.2, 0.25) is 5.71 Å². The highest BCUT2D eigenvalue weighted by molar-refractivity contribution is 6.08. The van der Waals surface area contributed by atoms with Crippen LogP contribution in [0.15, 0.2) is 81.8 Å². The molecule has 0 aliphatic carbocycles. The van der Waals surface area contributed by atoms with Crippen LogP contribution in [0.25, 0.3) is 55.6 Å². The lowest BCUT2D eigenvalue weighted by Gasteiger charge is -2.05. The van der Waals surface area contributed by atoms with E-state index in [1.165, 1.54) is 5.56 Å². The van der Waals surface area contributed by atoms with Crippen LogP contribution in [0.3, 0.4) is 0 Å². The average Bonchev–Trinajstić information content (AvgIpc) is 3.39. The molecule has 0 unspecified atom stereocenters. The molecule has 4 aromatic heterocycles. The Morgan fingerprint density at radius 3 is 2.50 bits per heavy atom. The number of rotatable bonds is 3. The molecule has 0 saturated heterocycles. The van der Waals surface area contributed by atoms with Gasteiger partial charge >= 0.3 is 0 Å². The van der Waals surface area contributed by atoms with Gasteiger partial charge in [-0.3, -0.25) is 4.98 Å². The van der Waals surface area contributed by atoms with Crippen LogP contribution in [0.4, 0.5) is 0 Å². The van der Waals surface area contributed by atoms with Gasteiger partial charge in [0.05, 0.1) is 11.9 Å². The molecule has 32 heavy (non-hydrogen) atoms. The first-order valence-electron chi connectivity index (χ1n) is 10.9. The lowest BCUT2D eigenvalue weighted by molar-refractivity contribution is 0.630. The molecule has 4 heterocycles. The van der Waals surface area contributed by atoms with Gasteiger partial charge in [-0.2, -0.15) is 0 Å². The monoisotopic (exact) mass is 418 g/mol. The van der Waals surface area contributed by atoms with Gasteiger partial charge in [0.1, 0.15) is 11.3 Å². The molecule has 0 atom stereocenters. The number of aromatic nitrogens is 2. The molecule has 4 heteroatoms. The SMILES string of the molecule is Cc1ccc2c(n1)oc1c(-c3cc4cc(-c5ccc(C(C)C)cc5)oc4cn3)cccc12. The summed E-state index contributed by atoms with van der Waals surface area (Å²) in [6, 6.07) is 22.9. The minimum Gasteiger partial charge on any atom is -0.454 e. The maximum Gasteiger partial charge on any atom is 0.227 e. The highest BCUT2D eigenvalue weighted by Gasteiger charge is 2.15. The molecule has 0 bridgehead atoms. The van der Waals surface area contributed by atoms with Gasteiger partial charge in [-0.15, -0.1) is 0 Å². The molecular formula is C28H22N2O2. The standard InChI is InChI=1S/C28H22N2O2/c1-16(2)18-8-10-19(11-9-18)25-14-20-13-24(29-15-26(20)31-25)23-6-4-5-21-22-12-7-17(3)30-28(22)32-27(21)23/h4-16H,1-3H3. The van der Waals surface area contributed by atoms with Gasteiger partial charge in [0.25, 0.3) is 0 Å². The summed E-state index contributed by atoms with van der Waals surface area (Å²) >= 11 is 0. The second kappa shape index (κ2) is 7.06. The number of hydrogen-bond acceptors (Lipinski definition) is 4. The predicted molar refractivity (Wildman–Crippen MR) is 129 cm³/mol. The van der Waals surface area contributed by atoms with E-state index in [-0.39, 0.29) is 0 Å². The number of pyridine rings is 2. The summed E-state index contributed by atoms with van der Waals surface area (Å²) in [5.74, 6) is 1.35. The van der Waals surface area contributed by atoms with Gasteiger partial charge in [-0.25, -0.2) is 4.98 Å². The zero-order valence-electron chi connectivity index (χ0n) is 18.2. The van der Waals surface area contributed by atoms with E-state index >= 15 is 0 Å². The zero-order valence-corrected chi connectivity index (χ0v) is 18.2. The second-order valence-corrected chi connectivity index (χ2v) is 8.58. The van der Waals surface area contributed by atoms with E-state index in [9.17, 15) is 0 Å². The Balaban J connectivity index is 1.46. The van der Waals surface area contributed by atoms with E-state index in [1.54, 1.807) is 6.20 Å². The number of aryl methyl sites for hydroxylation is 1. The van der Waals surface area contributed by atoms with Crippen LogP contribution in [0.1, 0.15) is 31.0 Å². The molecule has 0 fully saturated rings. The molecule has 156 valence electrons. The molecule has 6 aromatic rings. The van der Waals surface area contributed by atoms with Crippen LogP contribution in [-0.4, -0.2) is 9.97 Å². The molecule has 0 N–H and O–H groups in total. The van der Waals surface area contributed by atoms with Gasteiger partial charge in [-0.05, 0) is 48.7 Å². The van der Waals surface area contributed by atoms with Gasteiger partial charge < -0.3 is 8.83 Å². The highest BCUT2D eigenvalue weighted by Crippen LogP contribution is 2.36. The molecule has 0 saturated carbocycles. The van der Waals surface area contributed by atoms with E-state index < -0.39 is 0 Å². The van der Waals surface area contributed by atoms with Crippen molar-refractivity contribution in [3.63, 3.8) is 0 Å². The van der Waals surface area contributed by atoms with Crippen molar-refractivity contribution >= 4 is 33.0 Å². The van der Waals surface area contributed by atoms with Crippen molar-refractivity contribution in [1.82, 2.24) is 9.97 Å². The van der Waals surface area contributed by atoms with E-state index in [1.807, 2.05) is 25.1 Å². The average molecular weight is 418 g/mol. The summed E-state index contributed by atoms with van der Waals surface area (Å²) in [7, 11) is 0. The third kappa shape index (κ3) is 2.99. The zero-order chi connectivity index (χ0) is 21.8. The number of hydrogen-bond donors (Lipinski definition) is 0. The first kappa shape index (κ1) is 18.8. The van der Waals surface area contributed by atoms with Crippen molar-refractivity contribution in [1.29, 1.82) is 0 Å². The normalized spacial score (nSPS) is 11.9. The van der Waals surface area contributed by atoms with E-state index in [2.05, 4.69) is 72.3 Å². The number of nitrogens with zero attached hydrogens (tertiary/aromatic N) is 2. The number of para-hydroxylation sites is 1. The van der Waals surface area contributed by atoms with Gasteiger partial charge in [0, 0.05) is 33.0 Å². The second-order valence-electron chi connectivity index (χ2n) is 8.58. The predicted octanol–water partition coefficient (Wildman–Crippen LogP) is 7.89. The topological polar surface area (TPSA) is 52.1 Å². The smallest absolute Gasteiger partial charge is 0.227 e. The molecule has 0 aliphatic heterocycles. The van der Waals surface area contributed by atoms with Crippen LogP contribution in [0.5, 0.6) is 0 Å². The maximum atomic E-state index is 6.16. The fourth-order valence-electron chi connectivity index (χ4n) is 4.24. The number of benzene rings is 2.